The van der Waals surface area contributed by atoms with E-state index in [1.807, 2.05) is 0 Å². The van der Waals surface area contributed by atoms with Crippen molar-refractivity contribution in [3.05, 3.63) is 40.4 Å². The molecule has 0 bridgehead atoms. The zero-order chi connectivity index (χ0) is 14.3. The number of fused-ring (bicyclic) bond motifs is 1. The summed E-state index contributed by atoms with van der Waals surface area (Å²) < 4.78 is 40.1. The molecule has 1 aromatic heterocycles. The van der Waals surface area contributed by atoms with Gasteiger partial charge in [0.15, 0.2) is 0 Å². The van der Waals surface area contributed by atoms with Gasteiger partial charge in [-0.15, -0.1) is 0 Å². The van der Waals surface area contributed by atoms with Crippen LogP contribution in [0.4, 0.5) is 13.2 Å². The number of hydrogen-bond donors (Lipinski definition) is 1. The summed E-state index contributed by atoms with van der Waals surface area (Å²) in [6.07, 6.45) is -2.52. The number of alkyl halides is 3. The van der Waals surface area contributed by atoms with E-state index in [9.17, 15) is 18.0 Å². The Morgan fingerprint density at radius 3 is 2.80 bits per heavy atom. The van der Waals surface area contributed by atoms with Crippen LogP contribution in [0, 0.1) is 0 Å². The number of nitrogens with zero attached hydrogens (tertiary/aromatic N) is 2. The van der Waals surface area contributed by atoms with E-state index in [1.165, 1.54) is 23.0 Å². The molecule has 0 spiro atoms. The lowest BCUT2D eigenvalue weighted by atomic mass is 10.1. The molecule has 106 valence electrons. The lowest BCUT2D eigenvalue weighted by Crippen LogP contribution is -2.27. The molecule has 20 heavy (non-hydrogen) atoms. The van der Waals surface area contributed by atoms with Crippen molar-refractivity contribution < 1.29 is 13.2 Å². The zero-order valence-corrected chi connectivity index (χ0v) is 10.4. The first-order valence-electron chi connectivity index (χ1n) is 6.26. The number of hydrogen-bond acceptors (Lipinski definition) is 3. The van der Waals surface area contributed by atoms with E-state index in [0.717, 1.165) is 19.0 Å². The molecule has 7 heteroatoms. The van der Waals surface area contributed by atoms with Crippen molar-refractivity contribution in [3.8, 4) is 0 Å². The number of para-hydroxylation sites is 1. The second-order valence-corrected chi connectivity index (χ2v) is 4.80. The van der Waals surface area contributed by atoms with Crippen molar-refractivity contribution in [2.75, 3.05) is 13.1 Å². The summed E-state index contributed by atoms with van der Waals surface area (Å²) in [5.74, 6) is 0. The SMILES string of the molecule is O=c1c2cccc(C(F)(F)F)c2ncn1[C@@H]1CCNC1. The largest absolute Gasteiger partial charge is 0.418 e. The quantitative estimate of drug-likeness (QED) is 0.870. The van der Waals surface area contributed by atoms with E-state index in [0.29, 0.717) is 6.54 Å². The summed E-state index contributed by atoms with van der Waals surface area (Å²) in [5, 5.41) is 3.12. The molecule has 1 N–H and O–H groups in total. The number of halogens is 3. The van der Waals surface area contributed by atoms with Gasteiger partial charge in [-0.05, 0) is 25.1 Å². The first-order valence-corrected chi connectivity index (χ1v) is 6.26. The highest BCUT2D eigenvalue weighted by Gasteiger charge is 2.33. The van der Waals surface area contributed by atoms with Crippen molar-refractivity contribution in [1.82, 2.24) is 14.9 Å². The first kappa shape index (κ1) is 13.1. The zero-order valence-electron chi connectivity index (χ0n) is 10.4. The van der Waals surface area contributed by atoms with Crippen LogP contribution in [0.15, 0.2) is 29.3 Å². The summed E-state index contributed by atoms with van der Waals surface area (Å²) in [7, 11) is 0. The third kappa shape index (κ3) is 2.07. The van der Waals surface area contributed by atoms with Gasteiger partial charge >= 0.3 is 6.18 Å². The lowest BCUT2D eigenvalue weighted by molar-refractivity contribution is -0.136. The summed E-state index contributed by atoms with van der Waals surface area (Å²) >= 11 is 0. The van der Waals surface area contributed by atoms with Crippen LogP contribution in [-0.4, -0.2) is 22.6 Å². The number of rotatable bonds is 1. The second-order valence-electron chi connectivity index (χ2n) is 4.80. The van der Waals surface area contributed by atoms with Gasteiger partial charge in [-0.3, -0.25) is 9.36 Å². The predicted molar refractivity (Wildman–Crippen MR) is 67.5 cm³/mol. The van der Waals surface area contributed by atoms with E-state index in [-0.39, 0.29) is 16.9 Å². The van der Waals surface area contributed by atoms with Gasteiger partial charge in [-0.25, -0.2) is 4.98 Å². The van der Waals surface area contributed by atoms with Crippen LogP contribution >= 0.6 is 0 Å². The lowest BCUT2D eigenvalue weighted by Gasteiger charge is -2.14. The van der Waals surface area contributed by atoms with Crippen LogP contribution in [-0.2, 0) is 6.18 Å². The fraction of sp³-hybridized carbons (Fsp3) is 0.385. The Kier molecular flexibility index (Phi) is 3.01. The molecule has 4 nitrogen and oxygen atoms in total. The Bertz CT molecular complexity index is 702. The maximum Gasteiger partial charge on any atom is 0.418 e. The summed E-state index contributed by atoms with van der Waals surface area (Å²) in [5.41, 5.74) is -1.58. The molecule has 1 saturated heterocycles. The van der Waals surface area contributed by atoms with Crippen molar-refractivity contribution in [2.45, 2.75) is 18.6 Å². The molecule has 1 aromatic carbocycles. The van der Waals surface area contributed by atoms with Crippen LogP contribution in [0.2, 0.25) is 0 Å². The van der Waals surface area contributed by atoms with Crippen molar-refractivity contribution in [2.24, 2.45) is 0 Å². The standard InChI is InChI=1S/C13H12F3N3O/c14-13(15,16)10-3-1-2-9-11(10)18-7-19(12(9)20)8-4-5-17-6-8/h1-3,7-8,17H,4-6H2/t8-/m1/s1. The fourth-order valence-corrected chi connectivity index (χ4v) is 2.53. The van der Waals surface area contributed by atoms with Crippen molar-refractivity contribution in [3.63, 3.8) is 0 Å². The Balaban J connectivity index is 2.22. The maximum atomic E-state index is 12.9. The number of benzene rings is 1. The molecule has 1 fully saturated rings. The van der Waals surface area contributed by atoms with Gasteiger partial charge in [0.25, 0.3) is 5.56 Å². The van der Waals surface area contributed by atoms with E-state index in [4.69, 9.17) is 0 Å². The first-order chi connectivity index (χ1) is 9.48. The van der Waals surface area contributed by atoms with E-state index < -0.39 is 17.3 Å². The average Bonchev–Trinajstić information content (AvgIpc) is 2.91. The van der Waals surface area contributed by atoms with Gasteiger partial charge < -0.3 is 5.32 Å². The number of aromatic nitrogens is 2. The maximum absolute atomic E-state index is 12.9. The summed E-state index contributed by atoms with van der Waals surface area (Å²) in [4.78, 5) is 16.2. The Labute approximate surface area is 112 Å². The minimum atomic E-state index is -4.51. The molecule has 0 unspecified atom stereocenters. The molecule has 0 saturated carbocycles. The Morgan fingerprint density at radius 1 is 1.35 bits per heavy atom. The van der Waals surface area contributed by atoms with Crippen LogP contribution < -0.4 is 10.9 Å². The van der Waals surface area contributed by atoms with Crippen LogP contribution in [0.5, 0.6) is 0 Å². The molecule has 0 radical (unpaired) electrons. The highest BCUT2D eigenvalue weighted by molar-refractivity contribution is 5.81. The predicted octanol–water partition coefficient (Wildman–Crippen LogP) is 1.95. The third-order valence-electron chi connectivity index (χ3n) is 3.55. The molecular weight excluding hydrogens is 271 g/mol. The van der Waals surface area contributed by atoms with Gasteiger partial charge in [0.1, 0.15) is 0 Å². The molecule has 0 amide bonds. The minimum Gasteiger partial charge on any atom is -0.315 e. The molecule has 1 aliphatic rings. The van der Waals surface area contributed by atoms with E-state index >= 15 is 0 Å². The molecule has 1 aliphatic heterocycles. The normalized spacial score (nSPS) is 19.6. The van der Waals surface area contributed by atoms with Gasteiger partial charge in [-0.2, -0.15) is 13.2 Å². The van der Waals surface area contributed by atoms with Crippen molar-refractivity contribution >= 4 is 10.9 Å². The molecular formula is C13H12F3N3O. The monoisotopic (exact) mass is 283 g/mol. The second kappa shape index (κ2) is 4.59. The van der Waals surface area contributed by atoms with Crippen molar-refractivity contribution in [1.29, 1.82) is 0 Å². The van der Waals surface area contributed by atoms with Crippen LogP contribution in [0.3, 0.4) is 0 Å². The fourth-order valence-electron chi connectivity index (χ4n) is 2.53. The molecule has 0 aliphatic carbocycles. The van der Waals surface area contributed by atoms with Gasteiger partial charge in [0.05, 0.1) is 28.8 Å². The Morgan fingerprint density at radius 2 is 2.15 bits per heavy atom. The number of nitrogens with one attached hydrogen (secondary N) is 1. The highest BCUT2D eigenvalue weighted by Crippen LogP contribution is 2.32. The van der Waals surface area contributed by atoms with Crippen LogP contribution in [0.25, 0.3) is 10.9 Å². The van der Waals surface area contributed by atoms with Crippen LogP contribution in [0.1, 0.15) is 18.0 Å². The van der Waals surface area contributed by atoms with E-state index in [1.54, 1.807) is 0 Å². The topological polar surface area (TPSA) is 46.9 Å². The smallest absolute Gasteiger partial charge is 0.315 e. The highest BCUT2D eigenvalue weighted by atomic mass is 19.4. The van der Waals surface area contributed by atoms with Gasteiger partial charge in [0.2, 0.25) is 0 Å². The average molecular weight is 283 g/mol. The third-order valence-corrected chi connectivity index (χ3v) is 3.55. The summed E-state index contributed by atoms with van der Waals surface area (Å²) in [6, 6.07) is 3.52. The van der Waals surface area contributed by atoms with Gasteiger partial charge in [-0.1, -0.05) is 6.07 Å². The Hall–Kier alpha value is -1.89. The van der Waals surface area contributed by atoms with Gasteiger partial charge in [0, 0.05) is 6.54 Å². The molecule has 3 rings (SSSR count). The molecule has 2 aromatic rings. The summed E-state index contributed by atoms with van der Waals surface area (Å²) in [6.45, 7) is 1.42. The molecule has 2 heterocycles. The minimum absolute atomic E-state index is 0.00854. The molecule has 1 atom stereocenters. The van der Waals surface area contributed by atoms with E-state index in [2.05, 4.69) is 10.3 Å².